The normalized spacial score (nSPS) is 16.9. The lowest BCUT2D eigenvalue weighted by atomic mass is 10.2. The van der Waals surface area contributed by atoms with Crippen molar-refractivity contribution < 1.29 is 8.42 Å². The number of hydrogen-bond donors (Lipinski definition) is 2. The van der Waals surface area contributed by atoms with E-state index in [0.717, 1.165) is 25.8 Å². The maximum atomic E-state index is 12.2. The van der Waals surface area contributed by atoms with Crippen LogP contribution in [0.5, 0.6) is 0 Å². The standard InChI is InChI=1S/C13H20ClN3O2S/c1-3-6-15-12-11(14)7-10(8-16-12)20(18,19)17-9-13(2)4-5-13/h7-8,17H,3-6,9H2,1-2H3,(H,15,16). The summed E-state index contributed by atoms with van der Waals surface area (Å²) >= 11 is 6.06. The summed E-state index contributed by atoms with van der Waals surface area (Å²) in [5.74, 6) is 0.515. The van der Waals surface area contributed by atoms with E-state index in [9.17, 15) is 8.42 Å². The molecule has 2 rings (SSSR count). The highest BCUT2D eigenvalue weighted by Crippen LogP contribution is 2.44. The zero-order valence-corrected chi connectivity index (χ0v) is 13.3. The summed E-state index contributed by atoms with van der Waals surface area (Å²) in [5, 5.41) is 3.37. The highest BCUT2D eigenvalue weighted by Gasteiger charge is 2.38. The molecule has 0 radical (unpaired) electrons. The van der Waals surface area contributed by atoms with Gasteiger partial charge in [0.15, 0.2) is 0 Å². The van der Waals surface area contributed by atoms with Crippen LogP contribution in [0.4, 0.5) is 5.82 Å². The van der Waals surface area contributed by atoms with Gasteiger partial charge in [0.05, 0.1) is 5.02 Å². The number of sulfonamides is 1. The van der Waals surface area contributed by atoms with Gasteiger partial charge in [0.1, 0.15) is 10.7 Å². The van der Waals surface area contributed by atoms with Crippen molar-refractivity contribution in [3.05, 3.63) is 17.3 Å². The molecular formula is C13H20ClN3O2S. The zero-order valence-electron chi connectivity index (χ0n) is 11.7. The van der Waals surface area contributed by atoms with Crippen molar-refractivity contribution in [2.24, 2.45) is 5.41 Å². The molecule has 20 heavy (non-hydrogen) atoms. The summed E-state index contributed by atoms with van der Waals surface area (Å²) in [6.45, 7) is 5.30. The third-order valence-electron chi connectivity index (χ3n) is 3.46. The van der Waals surface area contributed by atoms with Crippen molar-refractivity contribution >= 4 is 27.4 Å². The Balaban J connectivity index is 2.09. The van der Waals surface area contributed by atoms with Crippen LogP contribution in [0.1, 0.15) is 33.1 Å². The second kappa shape index (κ2) is 5.87. The fourth-order valence-corrected chi connectivity index (χ4v) is 3.15. The number of pyridine rings is 1. The molecule has 0 aliphatic heterocycles. The van der Waals surface area contributed by atoms with Crippen molar-refractivity contribution in [3.8, 4) is 0 Å². The molecule has 0 atom stereocenters. The second-order valence-electron chi connectivity index (χ2n) is 5.56. The first kappa shape index (κ1) is 15.5. The van der Waals surface area contributed by atoms with Crippen LogP contribution in [0.15, 0.2) is 17.2 Å². The molecule has 0 bridgehead atoms. The van der Waals surface area contributed by atoms with Crippen molar-refractivity contribution in [2.75, 3.05) is 18.4 Å². The first-order valence-electron chi connectivity index (χ1n) is 6.75. The van der Waals surface area contributed by atoms with Crippen LogP contribution in [-0.4, -0.2) is 26.5 Å². The quantitative estimate of drug-likeness (QED) is 0.811. The molecule has 1 aromatic heterocycles. The van der Waals surface area contributed by atoms with E-state index >= 15 is 0 Å². The molecular weight excluding hydrogens is 298 g/mol. The number of nitrogens with one attached hydrogen (secondary N) is 2. The predicted molar refractivity (Wildman–Crippen MR) is 80.6 cm³/mol. The van der Waals surface area contributed by atoms with Crippen molar-refractivity contribution in [2.45, 2.75) is 38.0 Å². The third kappa shape index (κ3) is 3.84. The van der Waals surface area contributed by atoms with E-state index in [1.54, 1.807) is 0 Å². The van der Waals surface area contributed by atoms with E-state index in [1.807, 2.05) is 6.92 Å². The Kier molecular flexibility index (Phi) is 4.56. The van der Waals surface area contributed by atoms with Crippen molar-refractivity contribution in [1.82, 2.24) is 9.71 Å². The molecule has 1 aliphatic carbocycles. The van der Waals surface area contributed by atoms with Crippen LogP contribution in [-0.2, 0) is 10.0 Å². The summed E-state index contributed by atoms with van der Waals surface area (Å²) in [6, 6.07) is 1.43. The van der Waals surface area contributed by atoms with E-state index in [2.05, 4.69) is 21.9 Å². The molecule has 0 spiro atoms. The topological polar surface area (TPSA) is 71.1 Å². The minimum Gasteiger partial charge on any atom is -0.369 e. The lowest BCUT2D eigenvalue weighted by molar-refractivity contribution is 0.530. The molecule has 1 fully saturated rings. The Morgan fingerprint density at radius 3 is 2.70 bits per heavy atom. The molecule has 1 saturated carbocycles. The molecule has 1 aromatic rings. The predicted octanol–water partition coefficient (Wildman–Crippen LogP) is 2.64. The maximum Gasteiger partial charge on any atom is 0.242 e. The van der Waals surface area contributed by atoms with E-state index in [1.165, 1.54) is 12.3 Å². The van der Waals surface area contributed by atoms with Gasteiger partial charge in [-0.25, -0.2) is 18.1 Å². The minimum atomic E-state index is -3.54. The molecule has 2 N–H and O–H groups in total. The monoisotopic (exact) mass is 317 g/mol. The molecule has 5 nitrogen and oxygen atoms in total. The Bertz CT molecular complexity index is 585. The van der Waals surface area contributed by atoms with Gasteiger partial charge in [0, 0.05) is 19.3 Å². The smallest absolute Gasteiger partial charge is 0.242 e. The highest BCUT2D eigenvalue weighted by atomic mass is 35.5. The Morgan fingerprint density at radius 1 is 1.45 bits per heavy atom. The lowest BCUT2D eigenvalue weighted by Gasteiger charge is -2.12. The van der Waals surface area contributed by atoms with E-state index in [-0.39, 0.29) is 10.3 Å². The molecule has 1 heterocycles. The van der Waals surface area contributed by atoms with Crippen molar-refractivity contribution in [1.29, 1.82) is 0 Å². The average Bonchev–Trinajstić information content (AvgIpc) is 3.14. The SMILES string of the molecule is CCCNc1ncc(S(=O)(=O)NCC2(C)CC2)cc1Cl. The zero-order chi connectivity index (χ0) is 14.8. The summed E-state index contributed by atoms with van der Waals surface area (Å²) in [5.41, 5.74) is 0.118. The largest absolute Gasteiger partial charge is 0.369 e. The molecule has 0 aromatic carbocycles. The first-order valence-corrected chi connectivity index (χ1v) is 8.61. The molecule has 112 valence electrons. The van der Waals surface area contributed by atoms with Gasteiger partial charge in [-0.2, -0.15) is 0 Å². The Morgan fingerprint density at radius 2 is 2.15 bits per heavy atom. The Labute approximate surface area is 125 Å². The maximum absolute atomic E-state index is 12.2. The number of aromatic nitrogens is 1. The molecule has 0 amide bonds. The lowest BCUT2D eigenvalue weighted by Crippen LogP contribution is -2.29. The number of hydrogen-bond acceptors (Lipinski definition) is 4. The van der Waals surface area contributed by atoms with Gasteiger partial charge >= 0.3 is 0 Å². The van der Waals surface area contributed by atoms with Gasteiger partial charge in [0.25, 0.3) is 0 Å². The van der Waals surface area contributed by atoms with Gasteiger partial charge in [-0.1, -0.05) is 25.4 Å². The van der Waals surface area contributed by atoms with E-state index < -0.39 is 10.0 Å². The number of rotatable bonds is 7. The van der Waals surface area contributed by atoms with Gasteiger partial charge in [-0.15, -0.1) is 0 Å². The molecule has 0 unspecified atom stereocenters. The second-order valence-corrected chi connectivity index (χ2v) is 7.74. The van der Waals surface area contributed by atoms with Gasteiger partial charge in [-0.3, -0.25) is 0 Å². The fraction of sp³-hybridized carbons (Fsp3) is 0.615. The van der Waals surface area contributed by atoms with E-state index in [0.29, 0.717) is 17.4 Å². The van der Waals surface area contributed by atoms with Crippen molar-refractivity contribution in [3.63, 3.8) is 0 Å². The molecule has 0 saturated heterocycles. The number of nitrogens with zero attached hydrogens (tertiary/aromatic N) is 1. The third-order valence-corrected chi connectivity index (χ3v) is 5.12. The first-order chi connectivity index (χ1) is 9.36. The van der Waals surface area contributed by atoms with Gasteiger partial charge < -0.3 is 5.32 Å². The average molecular weight is 318 g/mol. The summed E-state index contributed by atoms with van der Waals surface area (Å²) < 4.78 is 26.9. The Hall–Kier alpha value is -0.850. The molecule has 1 aliphatic rings. The van der Waals surface area contributed by atoms with Gasteiger partial charge in [-0.05, 0) is 30.7 Å². The fourth-order valence-electron chi connectivity index (χ4n) is 1.68. The van der Waals surface area contributed by atoms with E-state index in [4.69, 9.17) is 11.6 Å². The summed E-state index contributed by atoms with van der Waals surface area (Å²) in [6.07, 6.45) is 4.41. The van der Waals surface area contributed by atoms with Gasteiger partial charge in [0.2, 0.25) is 10.0 Å². The highest BCUT2D eigenvalue weighted by molar-refractivity contribution is 7.89. The van der Waals surface area contributed by atoms with Crippen LogP contribution in [0, 0.1) is 5.41 Å². The summed E-state index contributed by atoms with van der Waals surface area (Å²) in [4.78, 5) is 4.19. The van der Waals surface area contributed by atoms with Crippen LogP contribution in [0.25, 0.3) is 0 Å². The van der Waals surface area contributed by atoms with Crippen LogP contribution in [0.3, 0.4) is 0 Å². The summed E-state index contributed by atoms with van der Waals surface area (Å²) in [7, 11) is -3.54. The van der Waals surface area contributed by atoms with Crippen LogP contribution in [0.2, 0.25) is 5.02 Å². The van der Waals surface area contributed by atoms with Crippen LogP contribution >= 0.6 is 11.6 Å². The minimum absolute atomic E-state index is 0.105. The number of halogens is 1. The number of anilines is 1. The van der Waals surface area contributed by atoms with Crippen LogP contribution < -0.4 is 10.0 Å². The molecule has 7 heteroatoms.